The van der Waals surface area contributed by atoms with Gasteiger partial charge in [-0.3, -0.25) is 4.98 Å². The highest BCUT2D eigenvalue weighted by molar-refractivity contribution is 5.40. The van der Waals surface area contributed by atoms with Crippen LogP contribution >= 0.6 is 0 Å². The molecule has 0 spiro atoms. The van der Waals surface area contributed by atoms with E-state index >= 15 is 0 Å². The SMILES string of the molecule is [N-]=[N+]=NCCC#Cc1cnccc1C(F)(F)F. The van der Waals surface area contributed by atoms with Crippen molar-refractivity contribution in [1.82, 2.24) is 4.98 Å². The quantitative estimate of drug-likeness (QED) is 0.257. The number of halogens is 3. The van der Waals surface area contributed by atoms with Gasteiger partial charge in [-0.25, -0.2) is 0 Å². The summed E-state index contributed by atoms with van der Waals surface area (Å²) in [5.41, 5.74) is 6.99. The maximum Gasteiger partial charge on any atom is 0.417 e. The van der Waals surface area contributed by atoms with Crippen LogP contribution in [0.1, 0.15) is 17.5 Å². The molecule has 0 aromatic carbocycles. The Bertz CT molecular complexity index is 492. The van der Waals surface area contributed by atoms with Gasteiger partial charge in [0.25, 0.3) is 0 Å². The Morgan fingerprint density at radius 1 is 1.47 bits per heavy atom. The maximum atomic E-state index is 12.5. The Morgan fingerprint density at radius 3 is 2.88 bits per heavy atom. The fourth-order valence-electron chi connectivity index (χ4n) is 1.05. The van der Waals surface area contributed by atoms with Crippen LogP contribution in [-0.2, 0) is 6.18 Å². The van der Waals surface area contributed by atoms with Gasteiger partial charge < -0.3 is 0 Å². The van der Waals surface area contributed by atoms with Crippen molar-refractivity contribution in [3.05, 3.63) is 40.0 Å². The van der Waals surface area contributed by atoms with Crippen LogP contribution < -0.4 is 0 Å². The second kappa shape index (κ2) is 5.77. The molecule has 0 aliphatic heterocycles. The van der Waals surface area contributed by atoms with E-state index in [1.807, 2.05) is 0 Å². The van der Waals surface area contributed by atoms with Crippen molar-refractivity contribution in [3.63, 3.8) is 0 Å². The van der Waals surface area contributed by atoms with Crippen LogP contribution in [0.3, 0.4) is 0 Å². The highest BCUT2D eigenvalue weighted by Gasteiger charge is 2.32. The van der Waals surface area contributed by atoms with Gasteiger partial charge in [0.15, 0.2) is 0 Å². The van der Waals surface area contributed by atoms with E-state index in [-0.39, 0.29) is 18.5 Å². The Hall–Kier alpha value is -2.19. The Labute approximate surface area is 95.1 Å². The standard InChI is InChI=1S/C10H7F3N4/c11-10(12,13)9-4-6-15-7-8(9)3-1-2-5-16-17-14/h4,6-7H,2,5H2. The third kappa shape index (κ3) is 4.05. The van der Waals surface area contributed by atoms with Crippen molar-refractivity contribution in [2.75, 3.05) is 6.54 Å². The summed E-state index contributed by atoms with van der Waals surface area (Å²) >= 11 is 0. The zero-order valence-electron chi connectivity index (χ0n) is 8.57. The molecule has 0 amide bonds. The van der Waals surface area contributed by atoms with E-state index < -0.39 is 11.7 Å². The summed E-state index contributed by atoms with van der Waals surface area (Å²) in [6.07, 6.45) is -2.12. The minimum atomic E-state index is -4.45. The Balaban J connectivity index is 2.87. The third-order valence-corrected chi connectivity index (χ3v) is 1.75. The van der Waals surface area contributed by atoms with Gasteiger partial charge in [0, 0.05) is 30.3 Å². The second-order valence-electron chi connectivity index (χ2n) is 2.93. The maximum absolute atomic E-state index is 12.5. The zero-order valence-corrected chi connectivity index (χ0v) is 8.57. The third-order valence-electron chi connectivity index (χ3n) is 1.75. The van der Waals surface area contributed by atoms with E-state index in [9.17, 15) is 13.2 Å². The predicted molar refractivity (Wildman–Crippen MR) is 54.7 cm³/mol. The van der Waals surface area contributed by atoms with E-state index in [1.165, 1.54) is 0 Å². The number of azide groups is 1. The second-order valence-corrected chi connectivity index (χ2v) is 2.93. The summed E-state index contributed by atoms with van der Waals surface area (Å²) in [6.45, 7) is 0.130. The average molecular weight is 240 g/mol. The summed E-state index contributed by atoms with van der Waals surface area (Å²) < 4.78 is 37.5. The summed E-state index contributed by atoms with van der Waals surface area (Å²) in [5.74, 6) is 4.86. The smallest absolute Gasteiger partial charge is 0.263 e. The minimum absolute atomic E-state index is 0.130. The molecule has 17 heavy (non-hydrogen) atoms. The molecule has 1 aromatic rings. The first-order valence-electron chi connectivity index (χ1n) is 4.56. The molecule has 0 radical (unpaired) electrons. The fourth-order valence-corrected chi connectivity index (χ4v) is 1.05. The van der Waals surface area contributed by atoms with Crippen LogP contribution in [-0.4, -0.2) is 11.5 Å². The molecule has 0 atom stereocenters. The molecule has 1 aromatic heterocycles. The molecule has 0 saturated heterocycles. The molecule has 0 aliphatic rings. The van der Waals surface area contributed by atoms with E-state index in [2.05, 4.69) is 26.9 Å². The van der Waals surface area contributed by atoms with Crippen LogP contribution in [0.15, 0.2) is 23.6 Å². The van der Waals surface area contributed by atoms with Crippen LogP contribution in [0.4, 0.5) is 13.2 Å². The molecule has 0 fully saturated rings. The van der Waals surface area contributed by atoms with E-state index in [0.29, 0.717) is 0 Å². The van der Waals surface area contributed by atoms with Crippen LogP contribution in [0, 0.1) is 11.8 Å². The number of aromatic nitrogens is 1. The monoisotopic (exact) mass is 240 g/mol. The number of alkyl halides is 3. The molecule has 0 unspecified atom stereocenters. The van der Waals surface area contributed by atoms with Crippen LogP contribution in [0.25, 0.3) is 10.4 Å². The first-order valence-corrected chi connectivity index (χ1v) is 4.56. The molecule has 0 bridgehead atoms. The first kappa shape index (κ1) is 12.9. The summed E-state index contributed by atoms with van der Waals surface area (Å²) in [7, 11) is 0. The highest BCUT2D eigenvalue weighted by Crippen LogP contribution is 2.30. The molecule has 0 saturated carbocycles. The van der Waals surface area contributed by atoms with Crippen molar-refractivity contribution in [3.8, 4) is 11.8 Å². The van der Waals surface area contributed by atoms with Crippen molar-refractivity contribution in [1.29, 1.82) is 0 Å². The number of pyridine rings is 1. The normalized spacial score (nSPS) is 10.1. The van der Waals surface area contributed by atoms with E-state index in [1.54, 1.807) is 0 Å². The molecule has 1 heterocycles. The molecule has 4 nitrogen and oxygen atoms in total. The lowest BCUT2D eigenvalue weighted by atomic mass is 10.1. The lowest BCUT2D eigenvalue weighted by Crippen LogP contribution is -2.07. The van der Waals surface area contributed by atoms with Crippen LogP contribution in [0.5, 0.6) is 0 Å². The van der Waals surface area contributed by atoms with Gasteiger partial charge >= 0.3 is 6.18 Å². The summed E-state index contributed by atoms with van der Waals surface area (Å²) in [4.78, 5) is 6.09. The number of nitrogens with zero attached hydrogens (tertiary/aromatic N) is 4. The van der Waals surface area contributed by atoms with Crippen molar-refractivity contribution in [2.24, 2.45) is 5.11 Å². The van der Waals surface area contributed by atoms with Crippen molar-refractivity contribution >= 4 is 0 Å². The van der Waals surface area contributed by atoms with Gasteiger partial charge in [-0.1, -0.05) is 17.0 Å². The molecule has 0 aliphatic carbocycles. The van der Waals surface area contributed by atoms with Gasteiger partial charge in [0.05, 0.1) is 11.1 Å². The lowest BCUT2D eigenvalue weighted by Gasteiger charge is -2.07. The van der Waals surface area contributed by atoms with E-state index in [4.69, 9.17) is 5.53 Å². The van der Waals surface area contributed by atoms with Crippen LogP contribution in [0.2, 0.25) is 0 Å². The summed E-state index contributed by atoms with van der Waals surface area (Å²) in [5, 5.41) is 3.21. The number of rotatable bonds is 2. The Morgan fingerprint density at radius 2 is 2.24 bits per heavy atom. The molecule has 1 rings (SSSR count). The minimum Gasteiger partial charge on any atom is -0.263 e. The summed E-state index contributed by atoms with van der Waals surface area (Å²) in [6, 6.07) is 0.872. The average Bonchev–Trinajstić information content (AvgIpc) is 2.28. The van der Waals surface area contributed by atoms with Gasteiger partial charge in [0.1, 0.15) is 0 Å². The molecule has 0 N–H and O–H groups in total. The van der Waals surface area contributed by atoms with Gasteiger partial charge in [-0.05, 0) is 11.6 Å². The highest BCUT2D eigenvalue weighted by atomic mass is 19.4. The Kier molecular flexibility index (Phi) is 4.37. The fraction of sp³-hybridized carbons (Fsp3) is 0.300. The largest absolute Gasteiger partial charge is 0.417 e. The number of hydrogen-bond acceptors (Lipinski definition) is 2. The molecule has 7 heteroatoms. The zero-order chi connectivity index (χ0) is 12.7. The van der Waals surface area contributed by atoms with Crippen molar-refractivity contribution < 1.29 is 13.2 Å². The topological polar surface area (TPSA) is 61.7 Å². The number of hydrogen-bond donors (Lipinski definition) is 0. The van der Waals surface area contributed by atoms with Gasteiger partial charge in [-0.2, -0.15) is 13.2 Å². The molecular weight excluding hydrogens is 233 g/mol. The van der Waals surface area contributed by atoms with Gasteiger partial charge in [-0.15, -0.1) is 0 Å². The van der Waals surface area contributed by atoms with Crippen molar-refractivity contribution in [2.45, 2.75) is 12.6 Å². The van der Waals surface area contributed by atoms with E-state index in [0.717, 1.165) is 18.5 Å². The first-order chi connectivity index (χ1) is 8.05. The predicted octanol–water partition coefficient (Wildman–Crippen LogP) is 3.15. The lowest BCUT2D eigenvalue weighted by molar-refractivity contribution is -0.137. The van der Waals surface area contributed by atoms with Gasteiger partial charge in [0.2, 0.25) is 0 Å². The molecular formula is C10H7F3N4. The molecule has 88 valence electrons.